The highest BCUT2D eigenvalue weighted by molar-refractivity contribution is 7.89. The Morgan fingerprint density at radius 1 is 0.919 bits per heavy atom. The minimum Gasteiger partial charge on any atom is -0.493 e. The van der Waals surface area contributed by atoms with E-state index >= 15 is 0 Å². The van der Waals surface area contributed by atoms with Crippen LogP contribution in [-0.4, -0.2) is 53.5 Å². The predicted molar refractivity (Wildman–Crippen MR) is 139 cm³/mol. The highest BCUT2D eigenvalue weighted by atomic mass is 32.2. The number of nitro groups is 1. The van der Waals surface area contributed by atoms with Gasteiger partial charge >= 0.3 is 0 Å². The third-order valence-corrected chi connectivity index (χ3v) is 8.37. The fourth-order valence-corrected chi connectivity index (χ4v) is 6.00. The molecule has 0 radical (unpaired) electrons. The Morgan fingerprint density at radius 2 is 1.59 bits per heavy atom. The molecule has 37 heavy (non-hydrogen) atoms. The van der Waals surface area contributed by atoms with Crippen molar-refractivity contribution in [2.75, 3.05) is 31.1 Å². The Morgan fingerprint density at radius 3 is 2.30 bits per heavy atom. The average Bonchev–Trinajstić information content (AvgIpc) is 3.17. The van der Waals surface area contributed by atoms with Crippen LogP contribution in [-0.2, 0) is 17.1 Å². The van der Waals surface area contributed by atoms with Gasteiger partial charge in [0.2, 0.25) is 15.9 Å². The first kappa shape index (κ1) is 24.4. The van der Waals surface area contributed by atoms with Crippen LogP contribution in [0.3, 0.4) is 0 Å². The van der Waals surface area contributed by atoms with Crippen molar-refractivity contribution in [2.45, 2.75) is 4.90 Å². The first-order valence-corrected chi connectivity index (χ1v) is 13.0. The summed E-state index contributed by atoms with van der Waals surface area (Å²) in [6.45, 7) is 1.36. The highest BCUT2D eigenvalue weighted by Gasteiger charge is 2.32. The van der Waals surface area contributed by atoms with Gasteiger partial charge in [-0.25, -0.2) is 8.42 Å². The Balaban J connectivity index is 1.49. The summed E-state index contributed by atoms with van der Waals surface area (Å²) in [4.78, 5) is 12.6. The number of para-hydroxylation sites is 2. The zero-order valence-electron chi connectivity index (χ0n) is 19.9. The lowest BCUT2D eigenvalue weighted by Gasteiger charge is -2.35. The van der Waals surface area contributed by atoms with E-state index in [4.69, 9.17) is 0 Å². The summed E-state index contributed by atoms with van der Waals surface area (Å²) >= 11 is 0. The largest absolute Gasteiger partial charge is 0.493 e. The van der Waals surface area contributed by atoms with Crippen molar-refractivity contribution in [3.63, 3.8) is 0 Å². The second-order valence-corrected chi connectivity index (χ2v) is 10.5. The second-order valence-electron chi connectivity index (χ2n) is 8.58. The summed E-state index contributed by atoms with van der Waals surface area (Å²) in [6.07, 6.45) is 0. The summed E-state index contributed by atoms with van der Waals surface area (Å²) in [5.74, 6) is -0.131. The molecule has 0 aliphatic carbocycles. The smallest absolute Gasteiger partial charge is 0.270 e. The van der Waals surface area contributed by atoms with Gasteiger partial charge < -0.3 is 14.6 Å². The van der Waals surface area contributed by atoms with Crippen LogP contribution < -0.4 is 4.90 Å². The van der Waals surface area contributed by atoms with Crippen molar-refractivity contribution >= 4 is 43.7 Å². The number of aryl methyl sites for hydroxylation is 1. The zero-order valence-corrected chi connectivity index (χ0v) is 20.7. The standard InChI is InChI=1S/C25H24N6O5S/c1-28-22-10-6-5-9-20(22)24(25(28)32)27-26-21-12-11-19(31(33)34)17-23(21)37(35,36)30-15-13-29(14-16-30)18-7-3-2-4-8-18/h2-12,17,32H,13-16H2,1H3. The predicted octanol–water partition coefficient (Wildman–Crippen LogP) is 4.72. The minimum atomic E-state index is -4.13. The van der Waals surface area contributed by atoms with Crippen molar-refractivity contribution in [3.8, 4) is 5.88 Å². The second kappa shape index (κ2) is 9.64. The van der Waals surface area contributed by atoms with Gasteiger partial charge in [0.1, 0.15) is 10.6 Å². The number of hydrogen-bond acceptors (Lipinski definition) is 8. The molecule has 5 rings (SSSR count). The molecule has 0 saturated carbocycles. The number of azo groups is 1. The van der Waals surface area contributed by atoms with E-state index < -0.39 is 14.9 Å². The third-order valence-electron chi connectivity index (χ3n) is 6.44. The molecule has 1 fully saturated rings. The number of piperazine rings is 1. The van der Waals surface area contributed by atoms with E-state index in [1.807, 2.05) is 42.5 Å². The van der Waals surface area contributed by atoms with Crippen LogP contribution in [0.1, 0.15) is 0 Å². The van der Waals surface area contributed by atoms with E-state index in [0.29, 0.717) is 18.5 Å². The normalized spacial score (nSPS) is 15.0. The Bertz CT molecular complexity index is 1610. The van der Waals surface area contributed by atoms with Crippen LogP contribution in [0, 0.1) is 10.1 Å². The van der Waals surface area contributed by atoms with Gasteiger partial charge in [0.05, 0.1) is 10.4 Å². The minimum absolute atomic E-state index is 0.0524. The lowest BCUT2D eigenvalue weighted by molar-refractivity contribution is -0.385. The van der Waals surface area contributed by atoms with E-state index in [2.05, 4.69) is 15.1 Å². The molecule has 4 aromatic rings. The molecule has 0 spiro atoms. The van der Waals surface area contributed by atoms with Crippen molar-refractivity contribution in [1.29, 1.82) is 0 Å². The SMILES string of the molecule is Cn1c(O)c(N=Nc2ccc([N+](=O)[O-])cc2S(=O)(=O)N2CCN(c3ccccc3)CC2)c2ccccc21. The van der Waals surface area contributed by atoms with Gasteiger partial charge in [-0.15, -0.1) is 10.2 Å². The number of anilines is 1. The maximum atomic E-state index is 13.7. The van der Waals surface area contributed by atoms with Gasteiger partial charge in [0.15, 0.2) is 5.69 Å². The number of aromatic hydroxyl groups is 1. The lowest BCUT2D eigenvalue weighted by atomic mass is 10.2. The van der Waals surface area contributed by atoms with Crippen LogP contribution in [0.5, 0.6) is 5.88 Å². The lowest BCUT2D eigenvalue weighted by Crippen LogP contribution is -2.48. The van der Waals surface area contributed by atoms with E-state index in [9.17, 15) is 23.6 Å². The van der Waals surface area contributed by atoms with Crippen LogP contribution in [0.4, 0.5) is 22.7 Å². The van der Waals surface area contributed by atoms with Crippen LogP contribution in [0.15, 0.2) is 87.9 Å². The van der Waals surface area contributed by atoms with Gasteiger partial charge in [0.25, 0.3) is 5.69 Å². The van der Waals surface area contributed by atoms with E-state index in [1.54, 1.807) is 23.7 Å². The number of sulfonamides is 1. The van der Waals surface area contributed by atoms with Crippen molar-refractivity contribution in [3.05, 3.63) is 82.9 Å². The Kier molecular flexibility index (Phi) is 6.36. The summed E-state index contributed by atoms with van der Waals surface area (Å²) in [5.41, 5.74) is 1.48. The number of non-ortho nitro benzene ring substituents is 1. The molecular formula is C25H24N6O5S. The molecule has 190 valence electrons. The van der Waals surface area contributed by atoms with Crippen LogP contribution in [0.25, 0.3) is 10.9 Å². The quantitative estimate of drug-likeness (QED) is 0.222. The fourth-order valence-electron chi connectivity index (χ4n) is 4.43. The summed E-state index contributed by atoms with van der Waals surface area (Å²) < 4.78 is 30.2. The maximum Gasteiger partial charge on any atom is 0.270 e. The number of hydrogen-bond donors (Lipinski definition) is 1. The van der Waals surface area contributed by atoms with Crippen molar-refractivity contribution in [1.82, 2.24) is 8.87 Å². The molecule has 0 bridgehead atoms. The molecule has 1 aromatic heterocycles. The summed E-state index contributed by atoms with van der Waals surface area (Å²) in [6, 6.07) is 20.3. The molecule has 3 aromatic carbocycles. The molecule has 1 saturated heterocycles. The third kappa shape index (κ3) is 4.52. The summed E-state index contributed by atoms with van der Waals surface area (Å²) in [5, 5.41) is 30.9. The summed E-state index contributed by atoms with van der Waals surface area (Å²) in [7, 11) is -2.45. The van der Waals surface area contributed by atoms with Crippen molar-refractivity contribution < 1.29 is 18.4 Å². The number of benzene rings is 3. The molecular weight excluding hydrogens is 496 g/mol. The average molecular weight is 521 g/mol. The monoisotopic (exact) mass is 520 g/mol. The molecule has 1 aliphatic rings. The molecule has 0 amide bonds. The van der Waals surface area contributed by atoms with Gasteiger partial charge in [-0.1, -0.05) is 36.4 Å². The molecule has 12 heteroatoms. The van der Waals surface area contributed by atoms with Gasteiger partial charge in [-0.2, -0.15) is 4.31 Å². The van der Waals surface area contributed by atoms with E-state index in [0.717, 1.165) is 17.3 Å². The number of nitrogens with zero attached hydrogens (tertiary/aromatic N) is 6. The first-order chi connectivity index (χ1) is 17.8. The Hall–Kier alpha value is -4.29. The van der Waals surface area contributed by atoms with Crippen LogP contribution >= 0.6 is 0 Å². The molecule has 0 atom stereocenters. The maximum absolute atomic E-state index is 13.7. The van der Waals surface area contributed by atoms with E-state index in [-0.39, 0.29) is 40.9 Å². The molecule has 2 heterocycles. The zero-order chi connectivity index (χ0) is 26.2. The Labute approximate surface area is 213 Å². The number of aromatic nitrogens is 1. The first-order valence-electron chi connectivity index (χ1n) is 11.5. The number of rotatable bonds is 6. The fraction of sp³-hybridized carbons (Fsp3) is 0.200. The van der Waals surface area contributed by atoms with Crippen LogP contribution in [0.2, 0.25) is 0 Å². The molecule has 1 aliphatic heterocycles. The topological polar surface area (TPSA) is 134 Å². The van der Waals surface area contributed by atoms with Gasteiger partial charge in [-0.3, -0.25) is 10.1 Å². The number of nitro benzene ring substituents is 1. The molecule has 0 unspecified atom stereocenters. The molecule has 11 nitrogen and oxygen atoms in total. The van der Waals surface area contributed by atoms with Crippen molar-refractivity contribution in [2.24, 2.45) is 17.3 Å². The molecule has 1 N–H and O–H groups in total. The van der Waals surface area contributed by atoms with E-state index in [1.165, 1.54) is 16.4 Å². The van der Waals surface area contributed by atoms with Gasteiger partial charge in [0, 0.05) is 56.4 Å². The van der Waals surface area contributed by atoms with Gasteiger partial charge in [-0.05, 0) is 24.3 Å². The highest BCUT2D eigenvalue weighted by Crippen LogP contribution is 2.40. The number of fused-ring (bicyclic) bond motifs is 1.